The van der Waals surface area contributed by atoms with Crippen molar-refractivity contribution in [3.63, 3.8) is 0 Å². The van der Waals surface area contributed by atoms with Gasteiger partial charge in [-0.25, -0.2) is 4.39 Å². The topological polar surface area (TPSA) is 18.5 Å². The van der Waals surface area contributed by atoms with Gasteiger partial charge in [0.1, 0.15) is 6.79 Å². The quantitative estimate of drug-likeness (QED) is 0.514. The Hall–Kier alpha value is -0.410. The van der Waals surface area contributed by atoms with Crippen LogP contribution in [0.15, 0.2) is 12.9 Å². The molecule has 0 bridgehead atoms. The predicted molar refractivity (Wildman–Crippen MR) is 30.2 cm³/mol. The molecular weight excluding hydrogens is 111 g/mol. The first kappa shape index (κ1) is 10.5. The molecule has 3 heteroatoms. The highest BCUT2D eigenvalue weighted by Crippen LogP contribution is 1.60. The normalized spacial score (nSPS) is 6.88. The Labute approximate surface area is 48.9 Å². The van der Waals surface area contributed by atoms with Crippen molar-refractivity contribution in [2.24, 2.45) is 0 Å². The van der Waals surface area contributed by atoms with Crippen LogP contribution in [-0.4, -0.2) is 21.0 Å². The summed E-state index contributed by atoms with van der Waals surface area (Å²) in [5.74, 6) is 0. The summed E-state index contributed by atoms with van der Waals surface area (Å²) in [5.41, 5.74) is 0. The summed E-state index contributed by atoms with van der Waals surface area (Å²) in [5, 5.41) is 0. The zero-order valence-electron chi connectivity index (χ0n) is 5.19. The fourth-order valence-corrected chi connectivity index (χ4v) is 0.118. The molecule has 0 aliphatic carbocycles. The standard InChI is InChI=1S/C3H8O2.C2H3F/c1-4-3-5-2;1-2-3/h3H2,1-2H3;2H,1H2. The molecule has 0 amide bonds. The van der Waals surface area contributed by atoms with Crippen molar-refractivity contribution in [2.45, 2.75) is 0 Å². The molecule has 0 aromatic rings. The van der Waals surface area contributed by atoms with Crippen LogP contribution >= 0.6 is 0 Å². The van der Waals surface area contributed by atoms with Crippen LogP contribution in [0.2, 0.25) is 0 Å². The molecule has 0 rings (SSSR count). The van der Waals surface area contributed by atoms with Gasteiger partial charge >= 0.3 is 0 Å². The van der Waals surface area contributed by atoms with E-state index < -0.39 is 0 Å². The van der Waals surface area contributed by atoms with Gasteiger partial charge in [-0.2, -0.15) is 0 Å². The maximum atomic E-state index is 10.1. The first-order valence-corrected chi connectivity index (χ1v) is 2.02. The van der Waals surface area contributed by atoms with E-state index in [1.165, 1.54) is 0 Å². The van der Waals surface area contributed by atoms with Crippen molar-refractivity contribution in [3.05, 3.63) is 12.9 Å². The molecule has 0 fully saturated rings. The molecule has 0 heterocycles. The molecule has 0 aromatic heterocycles. The van der Waals surface area contributed by atoms with E-state index >= 15 is 0 Å². The summed E-state index contributed by atoms with van der Waals surface area (Å²) in [7, 11) is 3.17. The Kier molecular flexibility index (Phi) is 21.1. The van der Waals surface area contributed by atoms with E-state index in [1.807, 2.05) is 0 Å². The Morgan fingerprint density at radius 3 is 1.75 bits per heavy atom. The third-order valence-electron chi connectivity index (χ3n) is 0.236. The van der Waals surface area contributed by atoms with Gasteiger partial charge in [0.25, 0.3) is 0 Å². The highest BCUT2D eigenvalue weighted by atomic mass is 19.1. The molecule has 0 aromatic carbocycles. The van der Waals surface area contributed by atoms with Gasteiger partial charge in [0.15, 0.2) is 0 Å². The molecule has 0 N–H and O–H groups in total. The van der Waals surface area contributed by atoms with Crippen molar-refractivity contribution in [2.75, 3.05) is 21.0 Å². The Balaban J connectivity index is 0. The Morgan fingerprint density at radius 2 is 1.75 bits per heavy atom. The largest absolute Gasteiger partial charge is 0.359 e. The second-order valence-corrected chi connectivity index (χ2v) is 0.850. The lowest BCUT2D eigenvalue weighted by molar-refractivity contribution is -0.00271. The summed E-state index contributed by atoms with van der Waals surface area (Å²) >= 11 is 0. The monoisotopic (exact) mass is 122 g/mol. The van der Waals surface area contributed by atoms with E-state index in [0.717, 1.165) is 0 Å². The van der Waals surface area contributed by atoms with Crippen LogP contribution in [-0.2, 0) is 9.47 Å². The second kappa shape index (κ2) is 16.0. The van der Waals surface area contributed by atoms with E-state index in [-0.39, 0.29) is 6.33 Å². The lowest BCUT2D eigenvalue weighted by atomic mass is 11.2. The zero-order valence-corrected chi connectivity index (χ0v) is 5.19. The van der Waals surface area contributed by atoms with Crippen LogP contribution < -0.4 is 0 Å². The summed E-state index contributed by atoms with van der Waals surface area (Å²) in [6.07, 6.45) is 0.250. The van der Waals surface area contributed by atoms with Crippen LogP contribution in [0.3, 0.4) is 0 Å². The van der Waals surface area contributed by atoms with E-state index in [2.05, 4.69) is 16.1 Å². The van der Waals surface area contributed by atoms with E-state index in [9.17, 15) is 4.39 Å². The van der Waals surface area contributed by atoms with Gasteiger partial charge in [0.2, 0.25) is 0 Å². The zero-order chi connectivity index (χ0) is 6.83. The van der Waals surface area contributed by atoms with E-state index in [1.54, 1.807) is 14.2 Å². The molecule has 50 valence electrons. The van der Waals surface area contributed by atoms with Gasteiger partial charge < -0.3 is 9.47 Å². The molecule has 0 saturated carbocycles. The Morgan fingerprint density at radius 1 is 1.50 bits per heavy atom. The number of hydrogen-bond acceptors (Lipinski definition) is 2. The number of halogens is 1. The molecule has 0 aliphatic heterocycles. The highest BCUT2D eigenvalue weighted by molar-refractivity contribution is 4.39. The van der Waals surface area contributed by atoms with Gasteiger partial charge in [0, 0.05) is 14.2 Å². The third-order valence-corrected chi connectivity index (χ3v) is 0.236. The number of ether oxygens (including phenoxy) is 2. The minimum Gasteiger partial charge on any atom is -0.359 e. The second-order valence-electron chi connectivity index (χ2n) is 0.850. The average Bonchev–Trinajstić information content (AvgIpc) is 1.71. The fraction of sp³-hybridized carbons (Fsp3) is 0.600. The van der Waals surface area contributed by atoms with Crippen molar-refractivity contribution >= 4 is 0 Å². The van der Waals surface area contributed by atoms with Crippen LogP contribution in [0, 0.1) is 0 Å². The first-order valence-electron chi connectivity index (χ1n) is 2.02. The average molecular weight is 122 g/mol. The molecule has 0 aliphatic rings. The first-order chi connectivity index (χ1) is 3.83. The smallest absolute Gasteiger partial charge is 0.145 e. The number of rotatable bonds is 2. The van der Waals surface area contributed by atoms with Gasteiger partial charge in [0.05, 0.1) is 6.33 Å². The number of methoxy groups -OCH3 is 2. The van der Waals surface area contributed by atoms with Crippen LogP contribution in [0.25, 0.3) is 0 Å². The van der Waals surface area contributed by atoms with Crippen LogP contribution in [0.1, 0.15) is 0 Å². The van der Waals surface area contributed by atoms with Gasteiger partial charge in [-0.3, -0.25) is 0 Å². The van der Waals surface area contributed by atoms with Crippen molar-refractivity contribution in [1.82, 2.24) is 0 Å². The molecule has 2 nitrogen and oxygen atoms in total. The minimum atomic E-state index is 0.250. The molecular formula is C5H11FO2. The molecule has 0 radical (unpaired) electrons. The maximum absolute atomic E-state index is 10.1. The lowest BCUT2D eigenvalue weighted by Crippen LogP contribution is -1.87. The summed E-state index contributed by atoms with van der Waals surface area (Å²) in [6, 6.07) is 0. The highest BCUT2D eigenvalue weighted by Gasteiger charge is 1.63. The lowest BCUT2D eigenvalue weighted by Gasteiger charge is -1.87. The number of hydrogen-bond donors (Lipinski definition) is 0. The Bertz CT molecular complexity index is 37.4. The predicted octanol–water partition coefficient (Wildman–Crippen LogP) is 1.34. The maximum Gasteiger partial charge on any atom is 0.145 e. The van der Waals surface area contributed by atoms with Crippen LogP contribution in [0.5, 0.6) is 0 Å². The van der Waals surface area contributed by atoms with Gasteiger partial charge in [-0.05, 0) is 0 Å². The van der Waals surface area contributed by atoms with Crippen molar-refractivity contribution in [1.29, 1.82) is 0 Å². The van der Waals surface area contributed by atoms with E-state index in [0.29, 0.717) is 6.79 Å². The van der Waals surface area contributed by atoms with Crippen molar-refractivity contribution in [3.8, 4) is 0 Å². The molecule has 0 unspecified atom stereocenters. The fourth-order valence-electron chi connectivity index (χ4n) is 0.118. The third kappa shape index (κ3) is 46.6. The minimum absolute atomic E-state index is 0.250. The molecule has 8 heavy (non-hydrogen) atoms. The molecule has 0 atom stereocenters. The van der Waals surface area contributed by atoms with Gasteiger partial charge in [-0.15, -0.1) is 0 Å². The summed E-state index contributed by atoms with van der Waals surface area (Å²) < 4.78 is 19.0. The van der Waals surface area contributed by atoms with Gasteiger partial charge in [-0.1, -0.05) is 6.58 Å². The molecule has 0 saturated heterocycles. The summed E-state index contributed by atoms with van der Waals surface area (Å²) in [6.45, 7) is 3.08. The summed E-state index contributed by atoms with van der Waals surface area (Å²) in [4.78, 5) is 0. The van der Waals surface area contributed by atoms with E-state index in [4.69, 9.17) is 0 Å². The molecule has 0 spiro atoms. The SMILES string of the molecule is C=CF.COCOC. The van der Waals surface area contributed by atoms with Crippen LogP contribution in [0.4, 0.5) is 4.39 Å². The van der Waals surface area contributed by atoms with Crippen molar-refractivity contribution < 1.29 is 13.9 Å².